The molecule has 0 saturated heterocycles. The molecule has 100 valence electrons. The standard InChI is InChI=1S/C15H23NO2/c1-3-18-14-7-4-6-13(10-14)12(2)16-11-15(17)8-5-9-15/h4,6-7,10,12,16-17H,3,5,8-9,11H2,1-2H3. The van der Waals surface area contributed by atoms with Gasteiger partial charge in [0.15, 0.2) is 0 Å². The van der Waals surface area contributed by atoms with E-state index < -0.39 is 5.60 Å². The van der Waals surface area contributed by atoms with Crippen molar-refractivity contribution in [3.63, 3.8) is 0 Å². The summed E-state index contributed by atoms with van der Waals surface area (Å²) in [6.07, 6.45) is 2.99. The van der Waals surface area contributed by atoms with Crippen molar-refractivity contribution >= 4 is 0 Å². The second-order valence-corrected chi connectivity index (χ2v) is 5.19. The van der Waals surface area contributed by atoms with Crippen LogP contribution in [-0.4, -0.2) is 23.9 Å². The van der Waals surface area contributed by atoms with E-state index in [9.17, 15) is 5.11 Å². The average Bonchev–Trinajstić information content (AvgIpc) is 2.34. The topological polar surface area (TPSA) is 41.5 Å². The maximum absolute atomic E-state index is 10.1. The molecule has 3 nitrogen and oxygen atoms in total. The lowest BCUT2D eigenvalue weighted by molar-refractivity contribution is -0.0329. The molecule has 0 heterocycles. The first-order valence-electron chi connectivity index (χ1n) is 6.81. The lowest BCUT2D eigenvalue weighted by atomic mass is 9.80. The van der Waals surface area contributed by atoms with Crippen LogP contribution in [0.4, 0.5) is 0 Å². The molecule has 0 amide bonds. The molecule has 1 aromatic rings. The molecule has 0 aliphatic heterocycles. The monoisotopic (exact) mass is 249 g/mol. The number of aliphatic hydroxyl groups is 1. The van der Waals surface area contributed by atoms with Crippen molar-refractivity contribution in [3.05, 3.63) is 29.8 Å². The highest BCUT2D eigenvalue weighted by Crippen LogP contribution is 2.31. The van der Waals surface area contributed by atoms with Gasteiger partial charge in [0, 0.05) is 12.6 Å². The normalized spacial score (nSPS) is 19.1. The van der Waals surface area contributed by atoms with Crippen LogP contribution in [0.25, 0.3) is 0 Å². The highest BCUT2D eigenvalue weighted by molar-refractivity contribution is 5.30. The molecular weight excluding hydrogens is 226 g/mol. The Labute approximate surface area is 109 Å². The fourth-order valence-corrected chi connectivity index (χ4v) is 2.26. The minimum absolute atomic E-state index is 0.232. The summed E-state index contributed by atoms with van der Waals surface area (Å²) in [7, 11) is 0. The summed E-state index contributed by atoms with van der Waals surface area (Å²) in [6, 6.07) is 8.36. The Morgan fingerprint density at radius 3 is 2.83 bits per heavy atom. The lowest BCUT2D eigenvalue weighted by Crippen LogP contribution is -2.46. The summed E-state index contributed by atoms with van der Waals surface area (Å²) in [5.74, 6) is 0.908. The van der Waals surface area contributed by atoms with Crippen LogP contribution in [0.5, 0.6) is 5.75 Å². The van der Waals surface area contributed by atoms with Crippen molar-refractivity contribution in [2.75, 3.05) is 13.2 Å². The fourth-order valence-electron chi connectivity index (χ4n) is 2.26. The smallest absolute Gasteiger partial charge is 0.119 e. The second-order valence-electron chi connectivity index (χ2n) is 5.19. The predicted molar refractivity (Wildman–Crippen MR) is 72.8 cm³/mol. The quantitative estimate of drug-likeness (QED) is 0.814. The van der Waals surface area contributed by atoms with Crippen molar-refractivity contribution in [2.24, 2.45) is 0 Å². The van der Waals surface area contributed by atoms with Crippen molar-refractivity contribution in [3.8, 4) is 5.75 Å². The molecule has 0 spiro atoms. The average molecular weight is 249 g/mol. The summed E-state index contributed by atoms with van der Waals surface area (Å²) < 4.78 is 5.50. The third kappa shape index (κ3) is 3.24. The zero-order valence-electron chi connectivity index (χ0n) is 11.3. The van der Waals surface area contributed by atoms with Crippen molar-refractivity contribution in [2.45, 2.75) is 44.8 Å². The molecule has 2 rings (SSSR count). The number of hydrogen-bond donors (Lipinski definition) is 2. The SMILES string of the molecule is CCOc1cccc(C(C)NCC2(O)CCC2)c1. The van der Waals surface area contributed by atoms with Gasteiger partial charge in [-0.15, -0.1) is 0 Å². The van der Waals surface area contributed by atoms with Gasteiger partial charge in [-0.1, -0.05) is 12.1 Å². The van der Waals surface area contributed by atoms with Crippen LogP contribution in [0.15, 0.2) is 24.3 Å². The van der Waals surface area contributed by atoms with Crippen LogP contribution in [0.2, 0.25) is 0 Å². The van der Waals surface area contributed by atoms with Gasteiger partial charge in [0.05, 0.1) is 12.2 Å². The van der Waals surface area contributed by atoms with Gasteiger partial charge in [-0.25, -0.2) is 0 Å². The van der Waals surface area contributed by atoms with Crippen molar-refractivity contribution < 1.29 is 9.84 Å². The molecule has 1 unspecified atom stereocenters. The number of hydrogen-bond acceptors (Lipinski definition) is 3. The van der Waals surface area contributed by atoms with E-state index in [-0.39, 0.29) is 6.04 Å². The largest absolute Gasteiger partial charge is 0.494 e. The molecule has 0 aromatic heterocycles. The molecule has 1 saturated carbocycles. The maximum Gasteiger partial charge on any atom is 0.119 e. The number of nitrogens with one attached hydrogen (secondary N) is 1. The summed E-state index contributed by atoms with van der Waals surface area (Å²) in [5, 5.41) is 13.5. The fraction of sp³-hybridized carbons (Fsp3) is 0.600. The van der Waals surface area contributed by atoms with E-state index in [0.717, 1.165) is 25.0 Å². The van der Waals surface area contributed by atoms with Gasteiger partial charge in [0.25, 0.3) is 0 Å². The summed E-state index contributed by atoms with van der Waals surface area (Å²) in [5.41, 5.74) is 0.732. The first-order valence-corrected chi connectivity index (χ1v) is 6.81. The number of ether oxygens (including phenoxy) is 1. The van der Waals surface area contributed by atoms with Crippen LogP contribution in [0.3, 0.4) is 0 Å². The number of benzene rings is 1. The first-order chi connectivity index (χ1) is 8.63. The molecule has 1 aliphatic carbocycles. The highest BCUT2D eigenvalue weighted by atomic mass is 16.5. The summed E-state index contributed by atoms with van der Waals surface area (Å²) in [6.45, 7) is 5.46. The van der Waals surface area contributed by atoms with Crippen LogP contribution >= 0.6 is 0 Å². The van der Waals surface area contributed by atoms with Crippen LogP contribution in [-0.2, 0) is 0 Å². The second kappa shape index (κ2) is 5.72. The minimum atomic E-state index is -0.466. The minimum Gasteiger partial charge on any atom is -0.494 e. The Hall–Kier alpha value is -1.06. The van der Waals surface area contributed by atoms with E-state index in [1.165, 1.54) is 5.56 Å². The van der Waals surface area contributed by atoms with Crippen molar-refractivity contribution in [1.29, 1.82) is 0 Å². The van der Waals surface area contributed by atoms with E-state index in [1.807, 2.05) is 19.1 Å². The van der Waals surface area contributed by atoms with Crippen LogP contribution < -0.4 is 10.1 Å². The molecule has 0 bridgehead atoms. The molecule has 18 heavy (non-hydrogen) atoms. The molecule has 1 atom stereocenters. The Morgan fingerprint density at radius 1 is 1.44 bits per heavy atom. The number of rotatable bonds is 6. The van der Waals surface area contributed by atoms with Crippen molar-refractivity contribution in [1.82, 2.24) is 5.32 Å². The Balaban J connectivity index is 1.91. The highest BCUT2D eigenvalue weighted by Gasteiger charge is 2.34. The van der Waals surface area contributed by atoms with Gasteiger partial charge in [-0.2, -0.15) is 0 Å². The van der Waals surface area contributed by atoms with Gasteiger partial charge >= 0.3 is 0 Å². The van der Waals surface area contributed by atoms with E-state index in [2.05, 4.69) is 24.4 Å². The molecule has 0 radical (unpaired) electrons. The molecule has 2 N–H and O–H groups in total. The molecule has 1 aliphatic rings. The third-order valence-corrected chi connectivity index (χ3v) is 3.69. The van der Waals surface area contributed by atoms with Gasteiger partial charge < -0.3 is 15.2 Å². The molecule has 3 heteroatoms. The zero-order chi connectivity index (χ0) is 13.0. The Bertz CT molecular complexity index is 388. The summed E-state index contributed by atoms with van der Waals surface area (Å²) >= 11 is 0. The summed E-state index contributed by atoms with van der Waals surface area (Å²) in [4.78, 5) is 0. The van der Waals surface area contributed by atoms with Crippen LogP contribution in [0.1, 0.15) is 44.7 Å². The first kappa shape index (κ1) is 13.4. The van der Waals surface area contributed by atoms with E-state index in [0.29, 0.717) is 13.2 Å². The van der Waals surface area contributed by atoms with Gasteiger partial charge in [0.2, 0.25) is 0 Å². The molecular formula is C15H23NO2. The zero-order valence-corrected chi connectivity index (χ0v) is 11.3. The predicted octanol–water partition coefficient (Wildman–Crippen LogP) is 2.65. The Kier molecular flexibility index (Phi) is 4.25. The maximum atomic E-state index is 10.1. The Morgan fingerprint density at radius 2 is 2.22 bits per heavy atom. The van der Waals surface area contributed by atoms with Gasteiger partial charge in [-0.3, -0.25) is 0 Å². The third-order valence-electron chi connectivity index (χ3n) is 3.69. The lowest BCUT2D eigenvalue weighted by Gasteiger charge is -2.37. The molecule has 1 aromatic carbocycles. The van der Waals surface area contributed by atoms with E-state index in [1.54, 1.807) is 0 Å². The van der Waals surface area contributed by atoms with E-state index in [4.69, 9.17) is 4.74 Å². The molecule has 1 fully saturated rings. The van der Waals surface area contributed by atoms with Gasteiger partial charge in [-0.05, 0) is 50.8 Å². The van der Waals surface area contributed by atoms with E-state index >= 15 is 0 Å². The van der Waals surface area contributed by atoms with Crippen LogP contribution in [0, 0.1) is 0 Å². The van der Waals surface area contributed by atoms with Gasteiger partial charge in [0.1, 0.15) is 5.75 Å².